The third-order valence-electron chi connectivity index (χ3n) is 13.3. The van der Waals surface area contributed by atoms with Crippen molar-refractivity contribution >= 4 is 105 Å². The highest BCUT2D eigenvalue weighted by Crippen LogP contribution is 2.32. The van der Waals surface area contributed by atoms with Crippen LogP contribution in [0.2, 0.25) is 0 Å². The number of aliphatic hydroxyl groups is 1. The maximum absolute atomic E-state index is 12.1. The smallest absolute Gasteiger partial charge is 0.303 e. The Kier molecular flexibility index (Phi) is 22.8. The van der Waals surface area contributed by atoms with E-state index in [1.54, 1.807) is 13.2 Å². The average molecular weight is 1150 g/mol. The van der Waals surface area contributed by atoms with Gasteiger partial charge >= 0.3 is 5.97 Å². The van der Waals surface area contributed by atoms with Crippen LogP contribution in [0.1, 0.15) is 97.9 Å². The summed E-state index contributed by atoms with van der Waals surface area (Å²) in [4.78, 5) is 61.9. The van der Waals surface area contributed by atoms with Crippen molar-refractivity contribution < 1.29 is 38.2 Å². The average Bonchev–Trinajstić information content (AvgIpc) is 3.90. The minimum absolute atomic E-state index is 0. The van der Waals surface area contributed by atoms with Crippen molar-refractivity contribution in [1.82, 2.24) is 4.98 Å². The second-order valence-corrected chi connectivity index (χ2v) is 19.4. The molecular formula is C70H69BrN2O8. The number of esters is 1. The lowest BCUT2D eigenvalue weighted by Gasteiger charge is -2.09. The number of Topliss-reactive ketones (excluding diaryl/α,β-unsaturated/α-hetero) is 4. The normalized spacial score (nSPS) is 10.3. The molecule has 10 nitrogen and oxygen atoms in total. The predicted molar refractivity (Wildman–Crippen MR) is 337 cm³/mol. The molecule has 0 radical (unpaired) electrons. The number of benzene rings is 10. The quantitative estimate of drug-likeness (QED) is 0.0806. The third kappa shape index (κ3) is 15.3. The van der Waals surface area contributed by atoms with Gasteiger partial charge in [-0.3, -0.25) is 24.0 Å². The summed E-state index contributed by atoms with van der Waals surface area (Å²) in [7, 11) is 0. The number of halogens is 1. The van der Waals surface area contributed by atoms with Crippen LogP contribution in [-0.4, -0.2) is 57.7 Å². The second kappa shape index (κ2) is 29.4. The number of aromatic nitrogens is 1. The summed E-state index contributed by atoms with van der Waals surface area (Å²) in [6.45, 7) is 12.1. The number of carbonyl (C=O) groups excluding carboxylic acids is 5. The van der Waals surface area contributed by atoms with Crippen molar-refractivity contribution in [2.45, 2.75) is 63.3 Å². The van der Waals surface area contributed by atoms with E-state index in [0.29, 0.717) is 16.5 Å². The molecule has 10 aromatic carbocycles. The Balaban J connectivity index is 0.000000185. The summed E-state index contributed by atoms with van der Waals surface area (Å²) in [5.41, 5.74) is 15.4. The van der Waals surface area contributed by atoms with Crippen molar-refractivity contribution in [3.8, 4) is 11.3 Å². The standard InChI is InChI=1S/C15H14O3.C14H12N2O.C13H11BrO.C13H12O2.C13H12O.2CH4/c1-10-7-8-12-5-3-4-6-13(12)15(10)14(17)9-18-11(2)16;1-9-6-7-10-4-2-3-5-11(10)13(9)12-8-17-14(15)16-12;2*1-9-6-7-10-4-2-3-5-11(10)13(9)12(15)8-14;1-9-7-8-11-5-3-4-6-12(11)13(9)10(2)14;;/h3-8H,9H2,1-2H3;2-8H,1H3,(H2,15,16);2-7H,8H2,1H3;2-7,14H,8H2,1H3;3-8H,1-2H3;2*1H4. The van der Waals surface area contributed by atoms with Gasteiger partial charge in [-0.05, 0) is 123 Å². The van der Waals surface area contributed by atoms with Crippen LogP contribution in [0.25, 0.3) is 65.1 Å². The second-order valence-electron chi connectivity index (χ2n) is 18.9. The lowest BCUT2D eigenvalue weighted by atomic mass is 9.97. The summed E-state index contributed by atoms with van der Waals surface area (Å²) in [6.07, 6.45) is 1.60. The van der Waals surface area contributed by atoms with Crippen molar-refractivity contribution in [2.24, 2.45) is 0 Å². The van der Waals surface area contributed by atoms with E-state index < -0.39 is 12.6 Å². The summed E-state index contributed by atoms with van der Waals surface area (Å²) < 4.78 is 9.86. The molecule has 1 aromatic heterocycles. The van der Waals surface area contributed by atoms with Gasteiger partial charge in [-0.15, -0.1) is 0 Å². The number of oxazole rings is 1. The molecule has 81 heavy (non-hydrogen) atoms. The fourth-order valence-corrected chi connectivity index (χ4v) is 9.89. The van der Waals surface area contributed by atoms with Gasteiger partial charge in [-0.2, -0.15) is 4.98 Å². The van der Waals surface area contributed by atoms with Crippen molar-refractivity contribution in [1.29, 1.82) is 0 Å². The molecule has 0 fully saturated rings. The molecule has 0 unspecified atom stereocenters. The number of rotatable bonds is 9. The lowest BCUT2D eigenvalue weighted by molar-refractivity contribution is -0.139. The number of fused-ring (bicyclic) bond motifs is 5. The number of nitrogen functional groups attached to an aromatic ring is 1. The van der Waals surface area contributed by atoms with Gasteiger partial charge in [-0.25, -0.2) is 0 Å². The molecule has 0 spiro atoms. The Bertz CT molecular complexity index is 3950. The number of aliphatic hydroxyl groups excluding tert-OH is 1. The molecule has 11 aromatic rings. The van der Waals surface area contributed by atoms with E-state index in [1.807, 2.05) is 173 Å². The Labute approximate surface area is 482 Å². The zero-order valence-electron chi connectivity index (χ0n) is 45.2. The fourth-order valence-electron chi connectivity index (χ4n) is 9.61. The number of carbonyl (C=O) groups is 5. The van der Waals surface area contributed by atoms with Gasteiger partial charge in [0.05, 0.1) is 5.33 Å². The summed E-state index contributed by atoms with van der Waals surface area (Å²) in [5, 5.41) is 19.8. The molecule has 0 bridgehead atoms. The van der Waals surface area contributed by atoms with Gasteiger partial charge < -0.3 is 20.0 Å². The first-order chi connectivity index (χ1) is 38.0. The molecule has 3 N–H and O–H groups in total. The first-order valence-electron chi connectivity index (χ1n) is 25.6. The van der Waals surface area contributed by atoms with Crippen molar-refractivity contribution in [3.05, 3.63) is 238 Å². The summed E-state index contributed by atoms with van der Waals surface area (Å²) in [6, 6.07) is 59.8. The van der Waals surface area contributed by atoms with Crippen LogP contribution in [0, 0.1) is 34.6 Å². The Morgan fingerprint density at radius 3 is 1.16 bits per heavy atom. The molecule has 0 aliphatic rings. The number of hydrogen-bond acceptors (Lipinski definition) is 10. The van der Waals surface area contributed by atoms with Gasteiger partial charge in [0, 0.05) is 34.7 Å². The zero-order valence-corrected chi connectivity index (χ0v) is 46.8. The monoisotopic (exact) mass is 1140 g/mol. The van der Waals surface area contributed by atoms with E-state index in [1.165, 1.54) is 17.7 Å². The van der Waals surface area contributed by atoms with Crippen LogP contribution in [0.4, 0.5) is 6.01 Å². The Hall–Kier alpha value is -8.90. The number of ketones is 4. The van der Waals surface area contributed by atoms with E-state index in [4.69, 9.17) is 20.0 Å². The van der Waals surface area contributed by atoms with E-state index in [9.17, 15) is 24.0 Å². The molecule has 0 aliphatic heterocycles. The first-order valence-corrected chi connectivity index (χ1v) is 26.7. The topological polar surface area (TPSA) is 167 Å². The van der Waals surface area contributed by atoms with Crippen LogP contribution in [0.15, 0.2) is 193 Å². The predicted octanol–water partition coefficient (Wildman–Crippen LogP) is 17.0. The van der Waals surface area contributed by atoms with Crippen molar-refractivity contribution in [2.75, 3.05) is 24.3 Å². The van der Waals surface area contributed by atoms with Crippen LogP contribution in [-0.2, 0) is 9.53 Å². The molecule has 0 saturated carbocycles. The Morgan fingerprint density at radius 2 is 0.802 bits per heavy atom. The molecule has 11 rings (SSSR count). The number of aryl methyl sites for hydroxylation is 5. The number of ether oxygens (including phenoxy) is 1. The zero-order chi connectivity index (χ0) is 56.8. The van der Waals surface area contributed by atoms with E-state index in [0.717, 1.165) is 93.3 Å². The summed E-state index contributed by atoms with van der Waals surface area (Å²) >= 11 is 3.22. The van der Waals surface area contributed by atoms with E-state index in [-0.39, 0.29) is 50.6 Å². The molecular weight excluding hydrogens is 1080 g/mol. The molecule has 0 amide bonds. The highest BCUT2D eigenvalue weighted by molar-refractivity contribution is 9.09. The number of nitrogens with zero attached hydrogens (tertiary/aromatic N) is 1. The highest BCUT2D eigenvalue weighted by atomic mass is 79.9. The minimum Gasteiger partial charge on any atom is -0.457 e. The van der Waals surface area contributed by atoms with Crippen LogP contribution in [0.5, 0.6) is 0 Å². The molecule has 11 heteroatoms. The number of nitrogens with two attached hydrogens (primary N) is 1. The number of anilines is 1. The molecule has 1 heterocycles. The van der Waals surface area contributed by atoms with Crippen LogP contribution < -0.4 is 5.73 Å². The van der Waals surface area contributed by atoms with E-state index in [2.05, 4.69) is 64.2 Å². The van der Waals surface area contributed by atoms with Gasteiger partial charge in [-0.1, -0.05) is 213 Å². The maximum Gasteiger partial charge on any atom is 0.303 e. The Morgan fingerprint density at radius 1 is 0.469 bits per heavy atom. The lowest BCUT2D eigenvalue weighted by Crippen LogP contribution is -2.13. The van der Waals surface area contributed by atoms with Crippen molar-refractivity contribution in [3.63, 3.8) is 0 Å². The van der Waals surface area contributed by atoms with Gasteiger partial charge in [0.2, 0.25) is 5.78 Å². The molecule has 0 saturated heterocycles. The van der Waals surface area contributed by atoms with Gasteiger partial charge in [0.15, 0.2) is 24.0 Å². The van der Waals surface area contributed by atoms with Crippen LogP contribution in [0.3, 0.4) is 0 Å². The number of hydrogen-bond donors (Lipinski definition) is 2. The third-order valence-corrected chi connectivity index (χ3v) is 13.8. The highest BCUT2D eigenvalue weighted by Gasteiger charge is 2.16. The van der Waals surface area contributed by atoms with Crippen LogP contribution >= 0.6 is 15.9 Å². The molecule has 414 valence electrons. The largest absolute Gasteiger partial charge is 0.457 e. The molecule has 0 aliphatic carbocycles. The number of alkyl halides is 1. The fraction of sp³-hybridized carbons (Fsp3) is 0.171. The van der Waals surface area contributed by atoms with Gasteiger partial charge in [0.1, 0.15) is 18.6 Å². The first kappa shape index (κ1) is 62.9. The van der Waals surface area contributed by atoms with Gasteiger partial charge in [0.25, 0.3) is 6.01 Å². The van der Waals surface area contributed by atoms with E-state index >= 15 is 0 Å². The molecule has 0 atom stereocenters. The summed E-state index contributed by atoms with van der Waals surface area (Å²) in [5.74, 6) is -0.548. The minimum atomic E-state index is -0.443. The SMILES string of the molecule is C.C.CC(=O)OCC(=O)c1c(C)ccc2ccccc12.CC(=O)c1c(C)ccc2ccccc12.Cc1ccc2ccccc2c1-c1coc(N)n1.Cc1ccc2ccccc2c1C(=O)CBr.Cc1ccc2ccccc2c1C(=O)CO. The maximum atomic E-state index is 12.1.